The second-order valence-electron chi connectivity index (χ2n) is 6.36. The van der Waals surface area contributed by atoms with E-state index in [4.69, 9.17) is 0 Å². The van der Waals surface area contributed by atoms with Crippen LogP contribution in [0.2, 0.25) is 0 Å². The Hall–Kier alpha value is -1.02. The van der Waals surface area contributed by atoms with E-state index in [0.717, 1.165) is 0 Å². The van der Waals surface area contributed by atoms with Crippen molar-refractivity contribution in [2.75, 3.05) is 7.05 Å². The van der Waals surface area contributed by atoms with Crippen molar-refractivity contribution in [3.8, 4) is 0 Å². The predicted octanol–water partition coefficient (Wildman–Crippen LogP) is 4.30. The zero-order chi connectivity index (χ0) is 15.8. The maximum absolute atomic E-state index is 2.41. The molecule has 0 spiro atoms. The van der Waals surface area contributed by atoms with Crippen LogP contribution in [0, 0.1) is 27.7 Å². The van der Waals surface area contributed by atoms with Crippen LogP contribution in [0.1, 0.15) is 50.2 Å². The lowest BCUT2D eigenvalue weighted by Crippen LogP contribution is -2.30. The Morgan fingerprint density at radius 3 is 1.05 bits per heavy atom. The van der Waals surface area contributed by atoms with Crippen LogP contribution in [0.5, 0.6) is 0 Å². The molecular weight excluding hydrogens is 244 g/mol. The zero-order valence-electron chi connectivity index (χ0n) is 15.0. The molecule has 2 unspecified atom stereocenters. The van der Waals surface area contributed by atoms with Crippen molar-refractivity contribution in [1.29, 1.82) is 0 Å². The van der Waals surface area contributed by atoms with Crippen molar-refractivity contribution in [1.82, 2.24) is 9.47 Å². The van der Waals surface area contributed by atoms with Gasteiger partial charge in [-0.05, 0) is 73.6 Å². The van der Waals surface area contributed by atoms with Gasteiger partial charge >= 0.3 is 0 Å². The van der Waals surface area contributed by atoms with E-state index in [2.05, 4.69) is 79.0 Å². The van der Waals surface area contributed by atoms with E-state index in [0.29, 0.717) is 12.1 Å². The van der Waals surface area contributed by atoms with Gasteiger partial charge in [-0.1, -0.05) is 11.1 Å². The molecule has 20 heavy (non-hydrogen) atoms. The first kappa shape index (κ1) is 17.0. The molecule has 2 heterocycles. The summed E-state index contributed by atoms with van der Waals surface area (Å²) in [5.41, 5.74) is 8.73. The molecule has 0 saturated heterocycles. The average Bonchev–Trinajstić information content (AvgIpc) is 2.71. The van der Waals surface area contributed by atoms with Gasteiger partial charge in [0.15, 0.2) is 0 Å². The summed E-state index contributed by atoms with van der Waals surface area (Å²) >= 11 is 0. The highest BCUT2D eigenvalue weighted by Crippen LogP contribution is 2.27. The Morgan fingerprint density at radius 1 is 0.650 bits per heavy atom. The number of hydrogen-bond acceptors (Lipinski definition) is 1. The lowest BCUT2D eigenvalue weighted by molar-refractivity contribution is 0.275. The van der Waals surface area contributed by atoms with Crippen LogP contribution in [0.25, 0.3) is 0 Å². The third-order valence-corrected chi connectivity index (χ3v) is 5.75. The fourth-order valence-electron chi connectivity index (χ4n) is 2.90. The molecule has 2 nitrogen and oxygen atoms in total. The number of hydrogen-bond donors (Lipinski definition) is 0. The van der Waals surface area contributed by atoms with E-state index in [1.807, 2.05) is 0 Å². The Kier molecular flexibility index (Phi) is 5.26. The standard InChI is InChI=1S/C9H17N.C9H15N/c2*1-6-7(2)9(4)10(5)8(6)3/h8-9H,1-5H3;1-5H3. The normalized spacial score (nSPS) is 23.1. The van der Waals surface area contributed by atoms with Crippen LogP contribution >= 0.6 is 0 Å². The second kappa shape index (κ2) is 6.17. The van der Waals surface area contributed by atoms with Crippen molar-refractivity contribution >= 4 is 0 Å². The van der Waals surface area contributed by atoms with Crippen LogP contribution in [0.3, 0.4) is 0 Å². The lowest BCUT2D eigenvalue weighted by atomic mass is 10.1. The molecule has 1 aromatic heterocycles. The quantitative estimate of drug-likeness (QED) is 0.641. The highest BCUT2D eigenvalue weighted by Gasteiger charge is 2.27. The maximum Gasteiger partial charge on any atom is 0.0282 e. The summed E-state index contributed by atoms with van der Waals surface area (Å²) in [6, 6.07) is 1.30. The minimum atomic E-state index is 0.648. The first-order valence-corrected chi connectivity index (χ1v) is 7.59. The van der Waals surface area contributed by atoms with E-state index in [1.54, 1.807) is 11.1 Å². The molecule has 0 aromatic carbocycles. The van der Waals surface area contributed by atoms with Gasteiger partial charge in [-0.3, -0.25) is 4.90 Å². The molecule has 1 aliphatic heterocycles. The fraction of sp³-hybridized carbons (Fsp3) is 0.667. The summed E-state index contributed by atoms with van der Waals surface area (Å²) in [5, 5.41) is 0. The van der Waals surface area contributed by atoms with Gasteiger partial charge in [0.25, 0.3) is 0 Å². The van der Waals surface area contributed by atoms with E-state index in [1.165, 1.54) is 22.5 Å². The Bertz CT molecular complexity index is 422. The van der Waals surface area contributed by atoms with Gasteiger partial charge in [0, 0.05) is 30.5 Å². The molecule has 0 bridgehead atoms. The van der Waals surface area contributed by atoms with Gasteiger partial charge in [0.2, 0.25) is 0 Å². The maximum atomic E-state index is 2.41. The summed E-state index contributed by atoms with van der Waals surface area (Å²) in [4.78, 5) is 2.41. The van der Waals surface area contributed by atoms with Crippen molar-refractivity contribution in [3.63, 3.8) is 0 Å². The summed E-state index contributed by atoms with van der Waals surface area (Å²) in [5.74, 6) is 0. The molecule has 2 rings (SSSR count). The molecule has 1 aliphatic rings. The van der Waals surface area contributed by atoms with Crippen LogP contribution in [-0.4, -0.2) is 28.6 Å². The lowest BCUT2D eigenvalue weighted by Gasteiger charge is -2.21. The topological polar surface area (TPSA) is 8.17 Å². The molecule has 0 aliphatic carbocycles. The first-order valence-electron chi connectivity index (χ1n) is 7.59. The molecule has 2 heteroatoms. The van der Waals surface area contributed by atoms with Crippen LogP contribution in [0.15, 0.2) is 11.1 Å². The van der Waals surface area contributed by atoms with Crippen LogP contribution in [-0.2, 0) is 7.05 Å². The van der Waals surface area contributed by atoms with Gasteiger partial charge in [-0.15, -0.1) is 0 Å². The highest BCUT2D eigenvalue weighted by molar-refractivity contribution is 5.34. The zero-order valence-corrected chi connectivity index (χ0v) is 15.0. The monoisotopic (exact) mass is 276 g/mol. The molecule has 2 atom stereocenters. The first-order chi connectivity index (χ1) is 9.11. The molecule has 1 aromatic rings. The molecular formula is C18H32N2. The molecule has 0 fully saturated rings. The van der Waals surface area contributed by atoms with Gasteiger partial charge in [0.1, 0.15) is 0 Å². The minimum absolute atomic E-state index is 0.648. The van der Waals surface area contributed by atoms with Crippen LogP contribution < -0.4 is 0 Å². The number of aromatic nitrogens is 1. The van der Waals surface area contributed by atoms with Crippen molar-refractivity contribution < 1.29 is 0 Å². The van der Waals surface area contributed by atoms with Crippen molar-refractivity contribution in [2.24, 2.45) is 7.05 Å². The number of nitrogens with zero attached hydrogens (tertiary/aromatic N) is 2. The van der Waals surface area contributed by atoms with E-state index >= 15 is 0 Å². The van der Waals surface area contributed by atoms with Gasteiger partial charge in [-0.2, -0.15) is 0 Å². The smallest absolute Gasteiger partial charge is 0.0282 e. The molecule has 0 saturated carbocycles. The predicted molar refractivity (Wildman–Crippen MR) is 89.4 cm³/mol. The SMILES string of the molecule is CC1=C(C)C(C)N(C)C1C.Cc1c(C)c(C)n(C)c1C. The summed E-state index contributed by atoms with van der Waals surface area (Å²) in [7, 11) is 4.31. The molecule has 0 N–H and O–H groups in total. The minimum Gasteiger partial charge on any atom is -0.352 e. The van der Waals surface area contributed by atoms with Crippen molar-refractivity contribution in [3.05, 3.63) is 33.7 Å². The molecule has 114 valence electrons. The van der Waals surface area contributed by atoms with Crippen molar-refractivity contribution in [2.45, 2.75) is 67.5 Å². The third kappa shape index (κ3) is 2.85. The van der Waals surface area contributed by atoms with Gasteiger partial charge in [-0.25, -0.2) is 0 Å². The summed E-state index contributed by atoms with van der Waals surface area (Å²) in [6.45, 7) is 17.7. The largest absolute Gasteiger partial charge is 0.352 e. The average molecular weight is 276 g/mol. The third-order valence-electron chi connectivity index (χ3n) is 5.75. The molecule has 0 amide bonds. The summed E-state index contributed by atoms with van der Waals surface area (Å²) in [6.07, 6.45) is 0. The number of rotatable bonds is 0. The van der Waals surface area contributed by atoms with E-state index in [9.17, 15) is 0 Å². The Morgan fingerprint density at radius 2 is 0.950 bits per heavy atom. The van der Waals surface area contributed by atoms with Crippen LogP contribution in [0.4, 0.5) is 0 Å². The van der Waals surface area contributed by atoms with Gasteiger partial charge < -0.3 is 4.57 Å². The summed E-state index contributed by atoms with van der Waals surface area (Å²) < 4.78 is 2.24. The van der Waals surface area contributed by atoms with E-state index < -0.39 is 0 Å². The highest BCUT2D eigenvalue weighted by atomic mass is 15.2. The Balaban J connectivity index is 0.000000200. The second-order valence-corrected chi connectivity index (χ2v) is 6.36. The van der Waals surface area contributed by atoms with E-state index in [-0.39, 0.29) is 0 Å². The Labute approximate surface area is 125 Å². The fourth-order valence-corrected chi connectivity index (χ4v) is 2.90. The van der Waals surface area contributed by atoms with Gasteiger partial charge in [0.05, 0.1) is 0 Å². The number of likely N-dealkylation sites (N-methyl/N-ethyl adjacent to an activating group) is 1. The molecule has 0 radical (unpaired) electrons.